The zero-order chi connectivity index (χ0) is 14.6. The molecule has 1 heterocycles. The maximum absolute atomic E-state index is 11.3. The van der Waals surface area contributed by atoms with Crippen LogP contribution in [-0.4, -0.2) is 12.0 Å². The second-order valence-electron chi connectivity index (χ2n) is 5.99. The van der Waals surface area contributed by atoms with E-state index in [4.69, 9.17) is 4.84 Å². The zero-order valence-corrected chi connectivity index (χ0v) is 13.1. The molecule has 0 saturated heterocycles. The Bertz CT molecular complexity index is 292. The van der Waals surface area contributed by atoms with Crippen LogP contribution in [0.3, 0.4) is 0 Å². The number of carbonyl (C=O) groups excluding carboxylic acids is 1. The fraction of sp³-hybridized carbons (Fsp3) is 0.938. The molecule has 0 radical (unpaired) electrons. The molecule has 2 atom stereocenters. The number of hydrogen-bond donors (Lipinski definition) is 0. The van der Waals surface area contributed by atoms with Gasteiger partial charge in [-0.05, 0) is 6.42 Å². The number of amides is 1. The van der Waals surface area contributed by atoms with Gasteiger partial charge in [-0.15, -0.1) is 0 Å². The average Bonchev–Trinajstić information content (AvgIpc) is 2.87. The number of rotatable bonds is 12. The molecule has 116 valence electrons. The van der Waals surface area contributed by atoms with Gasteiger partial charge in [0.1, 0.15) is 0 Å². The van der Waals surface area contributed by atoms with Crippen LogP contribution in [0.15, 0.2) is 10.4 Å². The van der Waals surface area contributed by atoms with E-state index in [0.717, 1.165) is 6.42 Å². The van der Waals surface area contributed by atoms with Gasteiger partial charge < -0.3 is 4.84 Å². The molecule has 0 spiro atoms. The molecule has 4 heteroatoms. The van der Waals surface area contributed by atoms with Crippen LogP contribution < -0.4 is 0 Å². The summed E-state index contributed by atoms with van der Waals surface area (Å²) in [6.45, 7) is 4.31. The van der Waals surface area contributed by atoms with E-state index < -0.39 is 6.10 Å². The third-order valence-electron chi connectivity index (χ3n) is 4.07. The van der Waals surface area contributed by atoms with Crippen molar-refractivity contribution in [2.24, 2.45) is 16.3 Å². The second-order valence-corrected chi connectivity index (χ2v) is 5.99. The minimum atomic E-state index is -0.423. The smallest absolute Gasteiger partial charge is 0.311 e. The van der Waals surface area contributed by atoms with Gasteiger partial charge in [0.25, 0.3) is 0 Å². The normalized spacial score (nSPS) is 19.3. The van der Waals surface area contributed by atoms with Crippen molar-refractivity contribution in [2.75, 3.05) is 0 Å². The Kier molecular flexibility index (Phi) is 9.25. The van der Waals surface area contributed by atoms with Gasteiger partial charge in [0.15, 0.2) is 0 Å². The molecule has 0 aromatic carbocycles. The van der Waals surface area contributed by atoms with Crippen LogP contribution in [0.25, 0.3) is 0 Å². The molecule has 0 N–H and O–H groups in total. The van der Waals surface area contributed by atoms with Crippen molar-refractivity contribution in [1.82, 2.24) is 0 Å². The molecule has 0 aromatic rings. The minimum absolute atomic E-state index is 0.218. The van der Waals surface area contributed by atoms with Crippen molar-refractivity contribution >= 4 is 5.91 Å². The Morgan fingerprint density at radius 2 is 1.55 bits per heavy atom. The number of hydrogen-bond acceptors (Lipinski definition) is 3. The van der Waals surface area contributed by atoms with Crippen molar-refractivity contribution in [3.8, 4) is 0 Å². The van der Waals surface area contributed by atoms with Crippen LogP contribution >= 0.6 is 0 Å². The van der Waals surface area contributed by atoms with E-state index in [2.05, 4.69) is 17.3 Å². The van der Waals surface area contributed by atoms with Crippen molar-refractivity contribution < 1.29 is 9.63 Å². The van der Waals surface area contributed by atoms with Gasteiger partial charge >= 0.3 is 5.91 Å². The Morgan fingerprint density at radius 1 is 1.00 bits per heavy atom. The third kappa shape index (κ3) is 7.01. The standard InChI is InChI=1S/C16H30N2O2/c1-3-4-5-6-7-8-9-10-11-12-13-14(2)15-16(19)17-18-20-15/h14-15H,3-13H2,1-2H3. The molecule has 20 heavy (non-hydrogen) atoms. The monoisotopic (exact) mass is 282 g/mol. The van der Waals surface area contributed by atoms with Gasteiger partial charge in [-0.2, -0.15) is 0 Å². The van der Waals surface area contributed by atoms with Crippen LogP contribution in [0, 0.1) is 5.92 Å². The average molecular weight is 282 g/mol. The molecule has 0 saturated carbocycles. The van der Waals surface area contributed by atoms with Crippen LogP contribution in [-0.2, 0) is 9.63 Å². The van der Waals surface area contributed by atoms with Crippen molar-refractivity contribution in [1.29, 1.82) is 0 Å². The Morgan fingerprint density at radius 3 is 2.05 bits per heavy atom. The predicted octanol–water partition coefficient (Wildman–Crippen LogP) is 5.23. The molecule has 1 amide bonds. The molecule has 1 aliphatic rings. The molecule has 0 fully saturated rings. The van der Waals surface area contributed by atoms with Gasteiger partial charge in [-0.3, -0.25) is 4.79 Å². The van der Waals surface area contributed by atoms with Crippen LogP contribution in [0.1, 0.15) is 84.5 Å². The first-order valence-electron chi connectivity index (χ1n) is 8.36. The van der Waals surface area contributed by atoms with E-state index >= 15 is 0 Å². The Labute approximate surface area is 123 Å². The van der Waals surface area contributed by atoms with Gasteiger partial charge in [0, 0.05) is 11.2 Å². The fourth-order valence-corrected chi connectivity index (χ4v) is 2.67. The summed E-state index contributed by atoms with van der Waals surface area (Å²) in [5, 5.41) is 6.74. The van der Waals surface area contributed by atoms with Gasteiger partial charge in [-0.1, -0.05) is 83.2 Å². The third-order valence-corrected chi connectivity index (χ3v) is 4.07. The molecular formula is C16H30N2O2. The molecular weight excluding hydrogens is 252 g/mol. The van der Waals surface area contributed by atoms with Crippen molar-refractivity contribution in [3.63, 3.8) is 0 Å². The Hall–Kier alpha value is -0.930. The summed E-state index contributed by atoms with van der Waals surface area (Å²) in [6, 6.07) is 0. The first kappa shape index (κ1) is 17.1. The highest BCUT2D eigenvalue weighted by molar-refractivity contribution is 5.82. The lowest BCUT2D eigenvalue weighted by Crippen LogP contribution is -2.24. The van der Waals surface area contributed by atoms with E-state index in [0.29, 0.717) is 0 Å². The van der Waals surface area contributed by atoms with E-state index in [1.54, 1.807) is 0 Å². The van der Waals surface area contributed by atoms with Crippen LogP contribution in [0.2, 0.25) is 0 Å². The number of unbranched alkanes of at least 4 members (excludes halogenated alkanes) is 9. The minimum Gasteiger partial charge on any atom is -0.365 e. The summed E-state index contributed by atoms with van der Waals surface area (Å²) in [6.07, 6.45) is 14.0. The highest BCUT2D eigenvalue weighted by atomic mass is 16.7. The van der Waals surface area contributed by atoms with E-state index in [9.17, 15) is 4.79 Å². The van der Waals surface area contributed by atoms with Crippen LogP contribution in [0.4, 0.5) is 0 Å². The molecule has 0 aliphatic carbocycles. The lowest BCUT2D eigenvalue weighted by atomic mass is 9.96. The zero-order valence-electron chi connectivity index (χ0n) is 13.1. The molecule has 0 bridgehead atoms. The van der Waals surface area contributed by atoms with Gasteiger partial charge in [0.05, 0.1) is 0 Å². The molecule has 4 nitrogen and oxygen atoms in total. The lowest BCUT2D eigenvalue weighted by Gasteiger charge is -2.14. The van der Waals surface area contributed by atoms with Crippen molar-refractivity contribution in [2.45, 2.75) is 90.6 Å². The van der Waals surface area contributed by atoms with Crippen LogP contribution in [0.5, 0.6) is 0 Å². The number of nitrogens with zero attached hydrogens (tertiary/aromatic N) is 2. The first-order chi connectivity index (χ1) is 9.75. The quantitative estimate of drug-likeness (QED) is 0.460. The summed E-state index contributed by atoms with van der Waals surface area (Å²) < 4.78 is 0. The van der Waals surface area contributed by atoms with E-state index in [-0.39, 0.29) is 11.8 Å². The number of carbonyl (C=O) groups is 1. The summed E-state index contributed by atoms with van der Waals surface area (Å²) in [5.74, 6) is 0.0103. The lowest BCUT2D eigenvalue weighted by molar-refractivity contribution is -0.126. The highest BCUT2D eigenvalue weighted by Gasteiger charge is 2.30. The fourth-order valence-electron chi connectivity index (χ4n) is 2.67. The summed E-state index contributed by atoms with van der Waals surface area (Å²) >= 11 is 0. The van der Waals surface area contributed by atoms with Gasteiger partial charge in [-0.25, -0.2) is 0 Å². The molecule has 1 aliphatic heterocycles. The SMILES string of the molecule is CCCCCCCCCCCCC(C)C1ON=NC1=O. The summed E-state index contributed by atoms with van der Waals surface area (Å²) in [4.78, 5) is 16.3. The molecule has 0 aromatic heterocycles. The predicted molar refractivity (Wildman–Crippen MR) is 80.4 cm³/mol. The highest BCUT2D eigenvalue weighted by Crippen LogP contribution is 2.21. The largest absolute Gasteiger partial charge is 0.365 e. The summed E-state index contributed by atoms with van der Waals surface area (Å²) in [7, 11) is 0. The molecule has 1 rings (SSSR count). The van der Waals surface area contributed by atoms with E-state index in [1.165, 1.54) is 64.2 Å². The first-order valence-corrected chi connectivity index (χ1v) is 8.36. The Balaban J connectivity index is 1.86. The second kappa shape index (κ2) is 10.8. The van der Waals surface area contributed by atoms with Gasteiger partial charge in [0.2, 0.25) is 6.10 Å². The molecule has 2 unspecified atom stereocenters. The van der Waals surface area contributed by atoms with E-state index in [1.807, 2.05) is 6.92 Å². The summed E-state index contributed by atoms with van der Waals surface area (Å²) in [5.41, 5.74) is 0. The topological polar surface area (TPSA) is 51.0 Å². The maximum Gasteiger partial charge on any atom is 0.311 e. The maximum atomic E-state index is 11.3. The van der Waals surface area contributed by atoms with Crippen molar-refractivity contribution in [3.05, 3.63) is 0 Å².